The van der Waals surface area contributed by atoms with Crippen molar-refractivity contribution >= 4 is 30.8 Å². The number of carbonyl (C=O) groups is 2. The second-order valence-electron chi connectivity index (χ2n) is 8.66. The van der Waals surface area contributed by atoms with E-state index in [1.165, 1.54) is 11.8 Å². The molecule has 1 saturated carbocycles. The second-order valence-corrected chi connectivity index (χ2v) is 9.79. The molecule has 1 aromatic carbocycles. The molecule has 3 aliphatic rings. The van der Waals surface area contributed by atoms with Crippen molar-refractivity contribution < 1.29 is 24.4 Å². The number of likely N-dealkylation sites (tertiary alicyclic amines) is 1. The highest BCUT2D eigenvalue weighted by Gasteiger charge is 2.54. The average Bonchev–Trinajstić information content (AvgIpc) is 3.40. The fourth-order valence-electron chi connectivity index (χ4n) is 4.28. The molecule has 2 aliphatic heterocycles. The number of carboxylic acids is 1. The lowest BCUT2D eigenvalue weighted by Gasteiger charge is -2.42. The number of carboxylic acid groups (broad SMARTS) is 1. The molecule has 3 atom stereocenters. The minimum Gasteiger partial charge on any atom is -0.535 e. The lowest BCUT2D eigenvalue weighted by atomic mass is 9.77. The number of amides is 1. The Hall–Kier alpha value is -1.75. The zero-order valence-electron chi connectivity index (χ0n) is 16.3. The predicted octanol–water partition coefficient (Wildman–Crippen LogP) is 0.732. The number of rotatable bonds is 8. The van der Waals surface area contributed by atoms with Crippen LogP contribution in [0.1, 0.15) is 41.6 Å². The van der Waals surface area contributed by atoms with Crippen LogP contribution in [0.15, 0.2) is 17.0 Å². The molecule has 29 heavy (non-hydrogen) atoms. The van der Waals surface area contributed by atoms with Crippen molar-refractivity contribution in [2.75, 3.05) is 25.4 Å². The van der Waals surface area contributed by atoms with Gasteiger partial charge in [0, 0.05) is 30.3 Å². The van der Waals surface area contributed by atoms with Gasteiger partial charge in [-0.25, -0.2) is 4.79 Å². The Balaban J connectivity index is 1.33. The minimum absolute atomic E-state index is 0.0918. The Morgan fingerprint density at radius 1 is 1.41 bits per heavy atom. The molecule has 2 unspecified atom stereocenters. The molecule has 4 rings (SSSR count). The van der Waals surface area contributed by atoms with Crippen LogP contribution in [-0.4, -0.2) is 65.0 Å². The molecule has 2 heterocycles. The van der Waals surface area contributed by atoms with E-state index in [-0.39, 0.29) is 17.3 Å². The largest absolute Gasteiger partial charge is 0.535 e. The van der Waals surface area contributed by atoms with Crippen molar-refractivity contribution in [1.82, 2.24) is 4.90 Å². The normalized spacial score (nSPS) is 25.3. The monoisotopic (exact) mass is 419 g/mol. The summed E-state index contributed by atoms with van der Waals surface area (Å²) in [6.07, 6.45) is 1.78. The Labute approximate surface area is 174 Å². The maximum absolute atomic E-state index is 11.9. The Morgan fingerprint density at radius 3 is 2.79 bits per heavy atom. The van der Waals surface area contributed by atoms with Crippen LogP contribution in [0.2, 0.25) is 5.82 Å². The van der Waals surface area contributed by atoms with Crippen LogP contribution in [-0.2, 0) is 4.79 Å². The second kappa shape index (κ2) is 7.50. The van der Waals surface area contributed by atoms with Gasteiger partial charge in [-0.1, -0.05) is 6.07 Å². The van der Waals surface area contributed by atoms with E-state index < -0.39 is 24.5 Å². The van der Waals surface area contributed by atoms with Crippen LogP contribution in [0.25, 0.3) is 0 Å². The number of hydrogen-bond acceptors (Lipinski definition) is 7. The maximum atomic E-state index is 11.9. The van der Waals surface area contributed by atoms with Crippen LogP contribution < -0.4 is 16.1 Å². The molecular formula is C19H26BN3O5S. The van der Waals surface area contributed by atoms with Gasteiger partial charge in [0.25, 0.3) is 0 Å². The zero-order chi connectivity index (χ0) is 20.9. The van der Waals surface area contributed by atoms with Gasteiger partial charge >= 0.3 is 13.1 Å². The molecular weight excluding hydrogens is 393 g/mol. The first kappa shape index (κ1) is 20.5. The van der Waals surface area contributed by atoms with E-state index in [0.29, 0.717) is 23.1 Å². The van der Waals surface area contributed by atoms with Gasteiger partial charge in [0.2, 0.25) is 5.91 Å². The first-order valence-corrected chi connectivity index (χ1v) is 10.8. The van der Waals surface area contributed by atoms with Gasteiger partial charge < -0.3 is 31.2 Å². The molecule has 10 heteroatoms. The highest BCUT2D eigenvalue weighted by Crippen LogP contribution is 2.60. The van der Waals surface area contributed by atoms with Crippen LogP contribution in [0, 0.1) is 5.92 Å². The Bertz CT molecular complexity index is 845. The van der Waals surface area contributed by atoms with E-state index in [0.717, 1.165) is 37.2 Å². The van der Waals surface area contributed by atoms with Gasteiger partial charge in [-0.2, -0.15) is 0 Å². The van der Waals surface area contributed by atoms with E-state index >= 15 is 0 Å². The third kappa shape index (κ3) is 3.99. The first-order valence-electron chi connectivity index (χ1n) is 9.86. The summed E-state index contributed by atoms with van der Waals surface area (Å²) >= 11 is 1.50. The molecule has 0 bridgehead atoms. The molecule has 0 spiro atoms. The first-order chi connectivity index (χ1) is 13.7. The summed E-state index contributed by atoms with van der Waals surface area (Å²) in [4.78, 5) is 26.0. The summed E-state index contributed by atoms with van der Waals surface area (Å²) in [5.41, 5.74) is 11.3. The number of thioether (sulfide) groups is 1. The highest BCUT2D eigenvalue weighted by atomic mass is 32.2. The third-order valence-electron chi connectivity index (χ3n) is 6.14. The van der Waals surface area contributed by atoms with E-state index in [9.17, 15) is 19.7 Å². The number of primary amides is 1. The Kier molecular flexibility index (Phi) is 5.31. The van der Waals surface area contributed by atoms with Crippen LogP contribution in [0.5, 0.6) is 5.75 Å². The summed E-state index contributed by atoms with van der Waals surface area (Å²) in [5.74, 6) is 0.366. The molecule has 156 valence electrons. The number of carbonyl (C=O) groups excluding carboxylic acids is 1. The fourth-order valence-corrected chi connectivity index (χ4v) is 5.44. The lowest BCUT2D eigenvalue weighted by molar-refractivity contribution is -0.123. The van der Waals surface area contributed by atoms with Gasteiger partial charge in [0.05, 0.1) is 0 Å². The molecule has 1 saturated heterocycles. The number of fused-ring (bicyclic) bond motifs is 3. The van der Waals surface area contributed by atoms with Crippen molar-refractivity contribution in [3.8, 4) is 5.75 Å². The summed E-state index contributed by atoms with van der Waals surface area (Å²) in [5, 5.41) is 19.8. The SMILES string of the molecule is C[C@@](N)(CN1CC(CCSc2ccc3c(c2C(=O)O)OB(O)C2CC32)C1)C(N)=O. The summed E-state index contributed by atoms with van der Waals surface area (Å²) < 4.78 is 5.56. The molecule has 1 aliphatic carbocycles. The molecule has 0 aromatic heterocycles. The molecule has 1 amide bonds. The molecule has 0 radical (unpaired) electrons. The number of nitrogens with zero attached hydrogens (tertiary/aromatic N) is 1. The molecule has 1 aromatic rings. The molecule has 8 nitrogen and oxygen atoms in total. The average molecular weight is 419 g/mol. The van der Waals surface area contributed by atoms with Gasteiger partial charge in [-0.3, -0.25) is 4.79 Å². The van der Waals surface area contributed by atoms with Gasteiger partial charge in [0.1, 0.15) is 16.9 Å². The lowest BCUT2D eigenvalue weighted by Crippen LogP contribution is -2.61. The highest BCUT2D eigenvalue weighted by molar-refractivity contribution is 7.99. The summed E-state index contributed by atoms with van der Waals surface area (Å²) in [6.45, 7) is 3.80. The third-order valence-corrected chi connectivity index (χ3v) is 7.23. The number of aromatic carboxylic acids is 1. The molecule has 2 fully saturated rings. The fraction of sp³-hybridized carbons (Fsp3) is 0.579. The van der Waals surface area contributed by atoms with E-state index in [1.54, 1.807) is 6.92 Å². The van der Waals surface area contributed by atoms with Crippen LogP contribution >= 0.6 is 11.8 Å². The van der Waals surface area contributed by atoms with Crippen molar-refractivity contribution in [1.29, 1.82) is 0 Å². The van der Waals surface area contributed by atoms with Crippen molar-refractivity contribution in [2.45, 2.75) is 41.9 Å². The maximum Gasteiger partial charge on any atom is 0.526 e. The van der Waals surface area contributed by atoms with E-state index in [4.69, 9.17) is 16.1 Å². The van der Waals surface area contributed by atoms with Crippen molar-refractivity contribution in [3.05, 3.63) is 23.3 Å². The zero-order valence-corrected chi connectivity index (χ0v) is 17.2. The van der Waals surface area contributed by atoms with Gasteiger partial charge in [0.15, 0.2) is 0 Å². The van der Waals surface area contributed by atoms with Crippen LogP contribution in [0.4, 0.5) is 0 Å². The number of benzene rings is 1. The van der Waals surface area contributed by atoms with E-state index in [1.807, 2.05) is 12.1 Å². The van der Waals surface area contributed by atoms with Gasteiger partial charge in [-0.15, -0.1) is 11.8 Å². The summed E-state index contributed by atoms with van der Waals surface area (Å²) in [7, 11) is -0.916. The quantitative estimate of drug-likeness (QED) is 0.357. The number of nitrogens with two attached hydrogens (primary N) is 2. The smallest absolute Gasteiger partial charge is 0.526 e. The predicted molar refractivity (Wildman–Crippen MR) is 110 cm³/mol. The van der Waals surface area contributed by atoms with Gasteiger partial charge in [-0.05, 0) is 49.0 Å². The summed E-state index contributed by atoms with van der Waals surface area (Å²) in [6, 6.07) is 3.81. The Morgan fingerprint density at radius 2 is 2.14 bits per heavy atom. The molecule has 6 N–H and O–H groups in total. The van der Waals surface area contributed by atoms with Crippen molar-refractivity contribution in [2.24, 2.45) is 17.4 Å². The topological polar surface area (TPSA) is 139 Å². The van der Waals surface area contributed by atoms with E-state index in [2.05, 4.69) is 4.90 Å². The standard InChI is InChI=1S/C19H26BN3O5S/c1-19(22,18(21)26)9-23-7-10(8-23)4-5-29-14-3-2-11-12-6-13(12)20(27)28-16(11)15(14)17(24)25/h2-3,10,12-13,27H,4-9,22H2,1H3,(H2,21,26)(H,24,25)/t12?,13?,19-/m1/s1. The van der Waals surface area contributed by atoms with Crippen molar-refractivity contribution in [3.63, 3.8) is 0 Å². The van der Waals surface area contributed by atoms with Crippen LogP contribution in [0.3, 0.4) is 0 Å². The number of hydrogen-bond donors (Lipinski definition) is 4. The minimum atomic E-state index is -1.03.